The van der Waals surface area contributed by atoms with Gasteiger partial charge in [-0.3, -0.25) is 4.79 Å². The number of carbonyl (C=O) groups is 1. The lowest BCUT2D eigenvalue weighted by Crippen LogP contribution is -2.53. The molecule has 0 aliphatic heterocycles. The minimum absolute atomic E-state index is 0.0235. The van der Waals surface area contributed by atoms with E-state index in [4.69, 9.17) is 4.74 Å². The molecule has 25 heavy (non-hydrogen) atoms. The summed E-state index contributed by atoms with van der Waals surface area (Å²) in [5, 5.41) is 0.555. The van der Waals surface area contributed by atoms with E-state index < -0.39 is 0 Å². The fraction of sp³-hybridized carbons (Fsp3) is 0.500. The lowest BCUT2D eigenvalue weighted by molar-refractivity contribution is -0.140. The number of aromatic nitrogens is 1. The maximum Gasteiger partial charge on any atom is 0.274 e. The molecule has 134 valence electrons. The van der Waals surface area contributed by atoms with Gasteiger partial charge in [-0.15, -0.1) is 0 Å². The smallest absolute Gasteiger partial charge is 0.274 e. The van der Waals surface area contributed by atoms with Gasteiger partial charge in [-0.1, -0.05) is 49.5 Å². The molecule has 1 amide bonds. The van der Waals surface area contributed by atoms with Gasteiger partial charge in [0.25, 0.3) is 11.1 Å². The number of carbonyl (C=O) groups excluding carboxylic acids is 1. The Morgan fingerprint density at radius 2 is 2.08 bits per heavy atom. The van der Waals surface area contributed by atoms with Crippen molar-refractivity contribution in [1.82, 2.24) is 9.88 Å². The number of benzene rings is 1. The Morgan fingerprint density at radius 1 is 1.32 bits per heavy atom. The number of fused-ring (bicyclic) bond motifs is 1. The van der Waals surface area contributed by atoms with Gasteiger partial charge in [0, 0.05) is 12.1 Å². The van der Waals surface area contributed by atoms with Crippen molar-refractivity contribution in [2.24, 2.45) is 5.41 Å². The van der Waals surface area contributed by atoms with E-state index >= 15 is 0 Å². The van der Waals surface area contributed by atoms with Gasteiger partial charge in [-0.05, 0) is 44.2 Å². The SMILES string of the molecule is CCN(C(=O)COc1nc2ccccc2s1)C1(C)CC=CC(C)(C)C1. The molecule has 5 heteroatoms. The molecule has 1 aromatic heterocycles. The van der Waals surface area contributed by atoms with Gasteiger partial charge in [0.2, 0.25) is 0 Å². The van der Waals surface area contributed by atoms with E-state index in [1.807, 2.05) is 36.1 Å². The molecule has 1 aromatic carbocycles. The molecule has 1 heterocycles. The average molecular weight is 359 g/mol. The number of hydrogen-bond acceptors (Lipinski definition) is 4. The summed E-state index contributed by atoms with van der Waals surface area (Å²) in [6.45, 7) is 9.37. The van der Waals surface area contributed by atoms with E-state index in [-0.39, 0.29) is 23.5 Å². The Balaban J connectivity index is 1.69. The summed E-state index contributed by atoms with van der Waals surface area (Å²) in [7, 11) is 0. The van der Waals surface area contributed by atoms with Crippen molar-refractivity contribution in [2.75, 3.05) is 13.2 Å². The van der Waals surface area contributed by atoms with Crippen molar-refractivity contribution in [3.63, 3.8) is 0 Å². The zero-order chi connectivity index (χ0) is 18.1. The average Bonchev–Trinajstić information content (AvgIpc) is 2.95. The van der Waals surface area contributed by atoms with Gasteiger partial charge in [-0.2, -0.15) is 0 Å². The first-order valence-electron chi connectivity index (χ1n) is 8.79. The molecule has 0 radical (unpaired) electrons. The molecule has 4 nitrogen and oxygen atoms in total. The van der Waals surface area contributed by atoms with Gasteiger partial charge in [0.1, 0.15) is 0 Å². The topological polar surface area (TPSA) is 42.4 Å². The Labute approximate surface area is 153 Å². The minimum atomic E-state index is -0.166. The lowest BCUT2D eigenvalue weighted by atomic mass is 9.72. The van der Waals surface area contributed by atoms with E-state index in [1.165, 1.54) is 11.3 Å². The number of ether oxygens (including phenoxy) is 1. The van der Waals surface area contributed by atoms with Crippen LogP contribution in [0.3, 0.4) is 0 Å². The van der Waals surface area contributed by atoms with Gasteiger partial charge in [-0.25, -0.2) is 4.98 Å². The first-order valence-corrected chi connectivity index (χ1v) is 9.61. The molecule has 2 aromatic rings. The molecule has 0 N–H and O–H groups in total. The summed E-state index contributed by atoms with van der Waals surface area (Å²) in [6.07, 6.45) is 6.30. The summed E-state index contributed by atoms with van der Waals surface area (Å²) >= 11 is 1.48. The number of thiazole rings is 1. The number of allylic oxidation sites excluding steroid dienone is 1. The van der Waals surface area contributed by atoms with Crippen molar-refractivity contribution in [3.8, 4) is 5.19 Å². The Hall–Kier alpha value is -1.88. The number of para-hydroxylation sites is 1. The highest BCUT2D eigenvalue weighted by Crippen LogP contribution is 2.39. The van der Waals surface area contributed by atoms with Crippen molar-refractivity contribution < 1.29 is 9.53 Å². The fourth-order valence-electron chi connectivity index (χ4n) is 3.92. The number of hydrogen-bond donors (Lipinski definition) is 0. The van der Waals surface area contributed by atoms with Crippen molar-refractivity contribution >= 4 is 27.5 Å². The molecule has 0 saturated heterocycles. The molecule has 1 unspecified atom stereocenters. The van der Waals surface area contributed by atoms with Gasteiger partial charge < -0.3 is 9.64 Å². The number of amides is 1. The molecule has 1 aliphatic rings. The second-order valence-corrected chi connectivity index (χ2v) is 8.64. The van der Waals surface area contributed by atoms with Crippen LogP contribution in [0.2, 0.25) is 0 Å². The predicted octanol–water partition coefficient (Wildman–Crippen LogP) is 4.66. The van der Waals surface area contributed by atoms with Crippen LogP contribution in [0.1, 0.15) is 40.5 Å². The first kappa shape index (κ1) is 17.9. The minimum Gasteiger partial charge on any atom is -0.460 e. The summed E-state index contributed by atoms with van der Waals surface area (Å²) in [5.74, 6) is 0.0235. The Bertz CT molecular complexity index is 763. The predicted molar refractivity (Wildman–Crippen MR) is 103 cm³/mol. The first-order chi connectivity index (χ1) is 11.8. The maximum absolute atomic E-state index is 12.8. The molecule has 0 saturated carbocycles. The van der Waals surface area contributed by atoms with E-state index in [9.17, 15) is 4.79 Å². The number of rotatable bonds is 5. The molecule has 3 rings (SSSR count). The zero-order valence-electron chi connectivity index (χ0n) is 15.4. The molecular weight excluding hydrogens is 332 g/mol. The molecule has 0 fully saturated rings. The third-order valence-electron chi connectivity index (χ3n) is 4.83. The Kier molecular flexibility index (Phi) is 4.87. The van der Waals surface area contributed by atoms with Crippen LogP contribution in [0.15, 0.2) is 36.4 Å². The standard InChI is InChI=1S/C20H26N2O2S/c1-5-22(20(4)12-8-11-19(2,3)14-20)17(23)13-24-18-21-15-9-6-7-10-16(15)25-18/h6-11H,5,12-14H2,1-4H3. The molecule has 0 bridgehead atoms. The van der Waals surface area contributed by atoms with Crippen molar-refractivity contribution in [2.45, 2.75) is 46.1 Å². The van der Waals surface area contributed by atoms with Crippen LogP contribution in [0, 0.1) is 5.41 Å². The van der Waals surface area contributed by atoms with Crippen LogP contribution in [0.5, 0.6) is 5.19 Å². The normalized spacial score (nSPS) is 22.1. The summed E-state index contributed by atoms with van der Waals surface area (Å²) < 4.78 is 6.79. The van der Waals surface area contributed by atoms with E-state index in [0.29, 0.717) is 11.7 Å². The van der Waals surface area contributed by atoms with Gasteiger partial charge >= 0.3 is 0 Å². The van der Waals surface area contributed by atoms with Crippen LogP contribution < -0.4 is 4.74 Å². The highest BCUT2D eigenvalue weighted by molar-refractivity contribution is 7.20. The molecule has 1 aliphatic carbocycles. The van der Waals surface area contributed by atoms with Gasteiger partial charge in [0.05, 0.1) is 10.2 Å². The van der Waals surface area contributed by atoms with Crippen LogP contribution in [-0.4, -0.2) is 34.5 Å². The van der Waals surface area contributed by atoms with Crippen LogP contribution in [0.4, 0.5) is 0 Å². The summed E-state index contributed by atoms with van der Waals surface area (Å²) in [4.78, 5) is 19.2. The maximum atomic E-state index is 12.8. The summed E-state index contributed by atoms with van der Waals surface area (Å²) in [5.41, 5.74) is 0.851. The van der Waals surface area contributed by atoms with Crippen LogP contribution in [0.25, 0.3) is 10.2 Å². The number of likely N-dealkylation sites (N-methyl/N-ethyl adjacent to an activating group) is 1. The molecular formula is C20H26N2O2S. The van der Waals surface area contributed by atoms with E-state index in [1.54, 1.807) is 0 Å². The second kappa shape index (κ2) is 6.79. The Morgan fingerprint density at radius 3 is 2.76 bits per heavy atom. The second-order valence-electron chi connectivity index (χ2n) is 7.64. The molecule has 1 atom stereocenters. The van der Waals surface area contributed by atoms with E-state index in [0.717, 1.165) is 23.1 Å². The quantitative estimate of drug-likeness (QED) is 0.730. The summed E-state index contributed by atoms with van der Waals surface area (Å²) in [6, 6.07) is 7.90. The van der Waals surface area contributed by atoms with E-state index in [2.05, 4.69) is 37.9 Å². The highest BCUT2D eigenvalue weighted by Gasteiger charge is 2.39. The largest absolute Gasteiger partial charge is 0.460 e. The number of nitrogens with zero attached hydrogens (tertiary/aromatic N) is 2. The highest BCUT2D eigenvalue weighted by atomic mass is 32.1. The fourth-order valence-corrected chi connectivity index (χ4v) is 4.74. The van der Waals surface area contributed by atoms with Crippen molar-refractivity contribution in [1.29, 1.82) is 0 Å². The monoisotopic (exact) mass is 358 g/mol. The van der Waals surface area contributed by atoms with Crippen molar-refractivity contribution in [3.05, 3.63) is 36.4 Å². The third kappa shape index (κ3) is 3.87. The van der Waals surface area contributed by atoms with Crippen LogP contribution >= 0.6 is 11.3 Å². The third-order valence-corrected chi connectivity index (χ3v) is 5.77. The molecule has 0 spiro atoms. The van der Waals surface area contributed by atoms with Crippen LogP contribution in [-0.2, 0) is 4.79 Å². The zero-order valence-corrected chi connectivity index (χ0v) is 16.2. The lowest BCUT2D eigenvalue weighted by Gasteiger charge is -2.46. The van der Waals surface area contributed by atoms with Gasteiger partial charge in [0.15, 0.2) is 6.61 Å².